The molecule has 0 heterocycles. The molecule has 13 heavy (non-hydrogen) atoms. The molecule has 0 bridgehead atoms. The van der Waals surface area contributed by atoms with Gasteiger partial charge in [0.15, 0.2) is 0 Å². The Morgan fingerprint density at radius 3 is 2.08 bits per heavy atom. The molecule has 0 unspecified atom stereocenters. The van der Waals surface area contributed by atoms with Crippen molar-refractivity contribution in [3.63, 3.8) is 0 Å². The van der Waals surface area contributed by atoms with E-state index in [0.717, 1.165) is 12.8 Å². The first-order valence-electron chi connectivity index (χ1n) is 5.29. The second kappa shape index (κ2) is 11.2. The van der Waals surface area contributed by atoms with Gasteiger partial charge in [-0.2, -0.15) is 0 Å². The lowest BCUT2D eigenvalue weighted by molar-refractivity contribution is 0.760. The molecule has 0 aromatic heterocycles. The lowest BCUT2D eigenvalue weighted by Gasteiger charge is -1.92. The van der Waals surface area contributed by atoms with Crippen LogP contribution in [0, 0.1) is 0 Å². The maximum absolute atomic E-state index is 3.69. The van der Waals surface area contributed by atoms with E-state index in [1.54, 1.807) is 0 Å². The van der Waals surface area contributed by atoms with Crippen molar-refractivity contribution >= 4 is 0 Å². The van der Waals surface area contributed by atoms with E-state index in [1.807, 2.05) is 6.08 Å². The van der Waals surface area contributed by atoms with E-state index in [1.165, 1.54) is 25.7 Å². The number of rotatable bonds is 8. The SMILES string of the molecule is C=CCCC=CCCCCC=CC. The Balaban J connectivity index is 3.06. The fourth-order valence-corrected chi connectivity index (χ4v) is 1.14. The highest BCUT2D eigenvalue weighted by Gasteiger charge is 1.82. The minimum Gasteiger partial charge on any atom is -0.103 e. The van der Waals surface area contributed by atoms with Gasteiger partial charge in [-0.05, 0) is 45.4 Å². The van der Waals surface area contributed by atoms with Crippen LogP contribution in [0.1, 0.15) is 45.4 Å². The highest BCUT2D eigenvalue weighted by atomic mass is 13.9. The molecule has 0 amide bonds. The van der Waals surface area contributed by atoms with Gasteiger partial charge < -0.3 is 0 Å². The first kappa shape index (κ1) is 12.2. The van der Waals surface area contributed by atoms with Crippen molar-refractivity contribution < 1.29 is 0 Å². The predicted octanol–water partition coefficient (Wildman–Crippen LogP) is 4.65. The second-order valence-electron chi connectivity index (χ2n) is 3.19. The Morgan fingerprint density at radius 1 is 0.846 bits per heavy atom. The van der Waals surface area contributed by atoms with E-state index >= 15 is 0 Å². The molecule has 0 atom stereocenters. The molecule has 0 aliphatic rings. The molecule has 0 radical (unpaired) electrons. The topological polar surface area (TPSA) is 0 Å². The first-order valence-corrected chi connectivity index (χ1v) is 5.29. The molecule has 0 spiro atoms. The highest BCUT2D eigenvalue weighted by Crippen LogP contribution is 2.02. The Kier molecular flexibility index (Phi) is 10.5. The third-order valence-corrected chi connectivity index (χ3v) is 1.93. The van der Waals surface area contributed by atoms with Gasteiger partial charge in [0.1, 0.15) is 0 Å². The molecule has 0 aromatic carbocycles. The summed E-state index contributed by atoms with van der Waals surface area (Å²) in [5.41, 5.74) is 0. The molecule has 0 N–H and O–H groups in total. The quantitative estimate of drug-likeness (QED) is 0.375. The van der Waals surface area contributed by atoms with Crippen LogP contribution < -0.4 is 0 Å². The van der Waals surface area contributed by atoms with E-state index in [-0.39, 0.29) is 0 Å². The minimum atomic E-state index is 1.11. The molecule has 0 aliphatic carbocycles. The summed E-state index contributed by atoms with van der Waals surface area (Å²) in [6.45, 7) is 5.77. The van der Waals surface area contributed by atoms with Crippen LogP contribution in [0.4, 0.5) is 0 Å². The van der Waals surface area contributed by atoms with E-state index < -0.39 is 0 Å². The van der Waals surface area contributed by atoms with Crippen molar-refractivity contribution in [1.82, 2.24) is 0 Å². The largest absolute Gasteiger partial charge is 0.103 e. The van der Waals surface area contributed by atoms with Crippen LogP contribution in [0.3, 0.4) is 0 Å². The Labute approximate surface area is 83.0 Å². The fourth-order valence-electron chi connectivity index (χ4n) is 1.14. The van der Waals surface area contributed by atoms with Crippen molar-refractivity contribution in [2.45, 2.75) is 45.4 Å². The van der Waals surface area contributed by atoms with Crippen molar-refractivity contribution in [3.05, 3.63) is 37.0 Å². The molecule has 0 aliphatic heterocycles. The maximum Gasteiger partial charge on any atom is -0.0316 e. The number of allylic oxidation sites excluding steroid dienone is 5. The van der Waals surface area contributed by atoms with Gasteiger partial charge in [0.05, 0.1) is 0 Å². The Bertz CT molecular complexity index is 151. The summed E-state index contributed by atoms with van der Waals surface area (Å²) in [7, 11) is 0. The third-order valence-electron chi connectivity index (χ3n) is 1.93. The summed E-state index contributed by atoms with van der Waals surface area (Å²) < 4.78 is 0. The van der Waals surface area contributed by atoms with E-state index in [2.05, 4.69) is 37.8 Å². The molecule has 0 nitrogen and oxygen atoms in total. The summed E-state index contributed by atoms with van der Waals surface area (Å²) >= 11 is 0. The average molecular weight is 178 g/mol. The zero-order valence-electron chi connectivity index (χ0n) is 8.84. The Morgan fingerprint density at radius 2 is 1.46 bits per heavy atom. The first-order chi connectivity index (χ1) is 6.41. The van der Waals surface area contributed by atoms with Gasteiger partial charge >= 0.3 is 0 Å². The summed E-state index contributed by atoms with van der Waals surface area (Å²) in [5, 5.41) is 0. The van der Waals surface area contributed by atoms with E-state index in [9.17, 15) is 0 Å². The van der Waals surface area contributed by atoms with Gasteiger partial charge in [-0.1, -0.05) is 30.4 Å². The van der Waals surface area contributed by atoms with Gasteiger partial charge in [0, 0.05) is 0 Å². The van der Waals surface area contributed by atoms with E-state index in [4.69, 9.17) is 0 Å². The van der Waals surface area contributed by atoms with Crippen molar-refractivity contribution in [2.24, 2.45) is 0 Å². The zero-order chi connectivity index (χ0) is 9.78. The smallest absolute Gasteiger partial charge is 0.0316 e. The molecular formula is C13H22. The van der Waals surface area contributed by atoms with Crippen LogP contribution in [0.5, 0.6) is 0 Å². The van der Waals surface area contributed by atoms with Gasteiger partial charge in [-0.15, -0.1) is 6.58 Å². The van der Waals surface area contributed by atoms with Crippen molar-refractivity contribution in [3.8, 4) is 0 Å². The lowest BCUT2D eigenvalue weighted by atomic mass is 10.1. The molecule has 0 rings (SSSR count). The number of unbranched alkanes of at least 4 members (excludes halogenated alkanes) is 4. The van der Waals surface area contributed by atoms with E-state index in [0.29, 0.717) is 0 Å². The van der Waals surface area contributed by atoms with Gasteiger partial charge in [-0.3, -0.25) is 0 Å². The van der Waals surface area contributed by atoms with Gasteiger partial charge in [-0.25, -0.2) is 0 Å². The third kappa shape index (κ3) is 11.2. The molecule has 0 fully saturated rings. The van der Waals surface area contributed by atoms with Crippen molar-refractivity contribution in [1.29, 1.82) is 0 Å². The molecule has 0 saturated carbocycles. The maximum atomic E-state index is 3.69. The summed E-state index contributed by atoms with van der Waals surface area (Å²) in [6, 6.07) is 0. The predicted molar refractivity (Wildman–Crippen MR) is 61.9 cm³/mol. The highest BCUT2D eigenvalue weighted by molar-refractivity contribution is 4.84. The van der Waals surface area contributed by atoms with Gasteiger partial charge in [0.25, 0.3) is 0 Å². The van der Waals surface area contributed by atoms with Crippen LogP contribution in [0.25, 0.3) is 0 Å². The van der Waals surface area contributed by atoms with Crippen LogP contribution in [0.15, 0.2) is 37.0 Å². The van der Waals surface area contributed by atoms with Crippen LogP contribution in [-0.2, 0) is 0 Å². The summed E-state index contributed by atoms with van der Waals surface area (Å²) in [5.74, 6) is 0. The molecule has 0 saturated heterocycles. The Hall–Kier alpha value is -0.780. The van der Waals surface area contributed by atoms with Crippen LogP contribution >= 0.6 is 0 Å². The number of hydrogen-bond acceptors (Lipinski definition) is 0. The number of hydrogen-bond donors (Lipinski definition) is 0. The molecule has 0 heteroatoms. The standard InChI is InChI=1S/C13H22/c1-3-5-7-9-11-13-12-10-8-6-4-2/h3-4,6,9,11H,1,5,7-8,10,12-13H2,2H3. The molecule has 74 valence electrons. The molecule has 0 aromatic rings. The van der Waals surface area contributed by atoms with Crippen molar-refractivity contribution in [2.75, 3.05) is 0 Å². The monoisotopic (exact) mass is 178 g/mol. The van der Waals surface area contributed by atoms with Gasteiger partial charge in [0.2, 0.25) is 0 Å². The molecular weight excluding hydrogens is 156 g/mol. The summed E-state index contributed by atoms with van der Waals surface area (Å²) in [6.07, 6.45) is 18.2. The summed E-state index contributed by atoms with van der Waals surface area (Å²) in [4.78, 5) is 0. The fraction of sp³-hybridized carbons (Fsp3) is 0.538. The minimum absolute atomic E-state index is 1.11. The second-order valence-corrected chi connectivity index (χ2v) is 3.19. The van der Waals surface area contributed by atoms with Crippen LogP contribution in [-0.4, -0.2) is 0 Å². The lowest BCUT2D eigenvalue weighted by Crippen LogP contribution is -1.72. The average Bonchev–Trinajstić information content (AvgIpc) is 2.16. The van der Waals surface area contributed by atoms with Crippen LogP contribution in [0.2, 0.25) is 0 Å². The zero-order valence-corrected chi connectivity index (χ0v) is 8.84. The normalized spacial score (nSPS) is 11.5.